The number of terminal acetylenes is 1. The zero-order valence-corrected chi connectivity index (χ0v) is 17.5. The summed E-state index contributed by atoms with van der Waals surface area (Å²) >= 11 is 17.7. The first-order valence-electron chi connectivity index (χ1n) is 8.83. The molecular weight excluding hydrogens is 415 g/mol. The Balaban J connectivity index is 1.49. The van der Waals surface area contributed by atoms with E-state index in [-0.39, 0.29) is 6.10 Å². The van der Waals surface area contributed by atoms with Gasteiger partial charge in [0.25, 0.3) is 0 Å². The van der Waals surface area contributed by atoms with Gasteiger partial charge in [-0.3, -0.25) is 0 Å². The lowest BCUT2D eigenvalue weighted by Gasteiger charge is -2.34. The van der Waals surface area contributed by atoms with Crippen LogP contribution >= 0.6 is 35.4 Å². The van der Waals surface area contributed by atoms with Gasteiger partial charge in [-0.25, -0.2) is 0 Å². The first-order valence-corrected chi connectivity index (χ1v) is 9.99. The topological polar surface area (TPSA) is 33.7 Å². The van der Waals surface area contributed by atoms with Gasteiger partial charge in [0.1, 0.15) is 18.5 Å². The smallest absolute Gasteiger partial charge is 0.169 e. The Morgan fingerprint density at radius 1 is 1.32 bits per heavy atom. The molecule has 0 amide bonds. The third-order valence-electron chi connectivity index (χ3n) is 4.31. The van der Waals surface area contributed by atoms with Crippen LogP contribution in [0.1, 0.15) is 11.1 Å². The monoisotopic (exact) mass is 434 g/mol. The predicted octanol–water partition coefficient (Wildman–Crippen LogP) is 4.13. The molecule has 146 valence electrons. The molecule has 1 unspecified atom stereocenters. The van der Waals surface area contributed by atoms with E-state index < -0.39 is 0 Å². The molecule has 0 radical (unpaired) electrons. The van der Waals surface area contributed by atoms with E-state index in [0.29, 0.717) is 41.5 Å². The minimum absolute atomic E-state index is 0.0814. The summed E-state index contributed by atoms with van der Waals surface area (Å²) in [4.78, 5) is 2.08. The van der Waals surface area contributed by atoms with Crippen molar-refractivity contribution < 1.29 is 9.47 Å². The Kier molecular flexibility index (Phi) is 7.41. The highest BCUT2D eigenvalue weighted by Gasteiger charge is 2.23. The third-order valence-corrected chi connectivity index (χ3v) is 5.30. The van der Waals surface area contributed by atoms with E-state index in [1.165, 1.54) is 0 Å². The number of halogens is 2. The van der Waals surface area contributed by atoms with Gasteiger partial charge in [-0.2, -0.15) is 0 Å². The van der Waals surface area contributed by atoms with Crippen molar-refractivity contribution in [3.05, 3.63) is 63.6 Å². The number of hydrogen-bond acceptors (Lipinski definition) is 3. The molecule has 0 bridgehead atoms. The van der Waals surface area contributed by atoms with Crippen molar-refractivity contribution in [1.29, 1.82) is 0 Å². The molecule has 7 heteroatoms. The van der Waals surface area contributed by atoms with Gasteiger partial charge in [0.15, 0.2) is 5.11 Å². The summed E-state index contributed by atoms with van der Waals surface area (Å²) in [6.07, 6.45) is 5.34. The molecule has 28 heavy (non-hydrogen) atoms. The molecule has 2 aromatic rings. The predicted molar refractivity (Wildman–Crippen MR) is 117 cm³/mol. The molecule has 0 spiro atoms. The van der Waals surface area contributed by atoms with Crippen LogP contribution in [0.5, 0.6) is 5.75 Å². The molecule has 4 nitrogen and oxygen atoms in total. The molecule has 1 fully saturated rings. The maximum Gasteiger partial charge on any atom is 0.169 e. The van der Waals surface area contributed by atoms with Crippen LogP contribution in [0.3, 0.4) is 0 Å². The van der Waals surface area contributed by atoms with Crippen molar-refractivity contribution in [3.63, 3.8) is 0 Å². The zero-order chi connectivity index (χ0) is 19.9. The molecule has 2 aromatic carbocycles. The van der Waals surface area contributed by atoms with Gasteiger partial charge in [0.05, 0.1) is 6.61 Å². The van der Waals surface area contributed by atoms with Gasteiger partial charge < -0.3 is 19.7 Å². The maximum absolute atomic E-state index is 6.21. The van der Waals surface area contributed by atoms with E-state index in [9.17, 15) is 0 Å². The Labute approximate surface area is 180 Å². The third kappa shape index (κ3) is 5.76. The van der Waals surface area contributed by atoms with E-state index >= 15 is 0 Å². The largest absolute Gasteiger partial charge is 0.491 e. The number of hydrogen-bond donors (Lipinski definition) is 1. The second-order valence-corrected chi connectivity index (χ2v) is 7.55. The highest BCUT2D eigenvalue weighted by molar-refractivity contribution is 7.80. The lowest BCUT2D eigenvalue weighted by Crippen LogP contribution is -2.50. The van der Waals surface area contributed by atoms with Crippen molar-refractivity contribution >= 4 is 40.5 Å². The number of nitrogens with zero attached hydrogens (tertiary/aromatic N) is 1. The van der Waals surface area contributed by atoms with Gasteiger partial charge in [0.2, 0.25) is 0 Å². The average molecular weight is 435 g/mol. The highest BCUT2D eigenvalue weighted by Crippen LogP contribution is 2.21. The van der Waals surface area contributed by atoms with E-state index in [1.807, 2.05) is 36.4 Å². The molecule has 1 saturated heterocycles. The van der Waals surface area contributed by atoms with Crippen LogP contribution in [0.2, 0.25) is 10.0 Å². The van der Waals surface area contributed by atoms with Gasteiger partial charge in [-0.15, -0.1) is 6.42 Å². The molecule has 1 aliphatic heterocycles. The van der Waals surface area contributed by atoms with Crippen molar-refractivity contribution in [3.8, 4) is 18.1 Å². The molecule has 1 atom stereocenters. The molecule has 3 rings (SSSR count). The quantitative estimate of drug-likeness (QED) is 0.565. The fourth-order valence-corrected chi connectivity index (χ4v) is 3.53. The SMILES string of the molecule is C#Cc1cccc(OCC2CN(C(=S)NCc3ccc(Cl)cc3Cl)CCO2)c1. The first-order chi connectivity index (χ1) is 13.5. The van der Waals surface area contributed by atoms with E-state index in [2.05, 4.69) is 16.1 Å². The van der Waals surface area contributed by atoms with Gasteiger partial charge in [-0.1, -0.05) is 41.3 Å². The van der Waals surface area contributed by atoms with E-state index in [0.717, 1.165) is 23.4 Å². The molecule has 0 saturated carbocycles. The molecule has 0 aliphatic carbocycles. The number of ether oxygens (including phenoxy) is 2. The van der Waals surface area contributed by atoms with E-state index in [4.69, 9.17) is 51.3 Å². The van der Waals surface area contributed by atoms with Crippen molar-refractivity contribution in [1.82, 2.24) is 10.2 Å². The van der Waals surface area contributed by atoms with E-state index in [1.54, 1.807) is 6.07 Å². The molecule has 1 aliphatic rings. The van der Waals surface area contributed by atoms with Gasteiger partial charge in [0, 0.05) is 35.2 Å². The zero-order valence-electron chi connectivity index (χ0n) is 15.2. The van der Waals surface area contributed by atoms with Crippen molar-refractivity contribution in [2.45, 2.75) is 12.6 Å². The second kappa shape index (κ2) is 9.99. The number of morpholine rings is 1. The Morgan fingerprint density at radius 2 is 2.18 bits per heavy atom. The summed E-state index contributed by atoms with van der Waals surface area (Å²) in [5.41, 5.74) is 1.73. The highest BCUT2D eigenvalue weighted by atomic mass is 35.5. The minimum atomic E-state index is -0.0814. The standard InChI is InChI=1S/C21H20Cl2N2O2S/c1-2-15-4-3-5-18(10-15)27-14-19-13-25(8-9-26-19)21(28)24-12-16-6-7-17(22)11-20(16)23/h1,3-7,10-11,19H,8-9,12-14H2,(H,24,28). The number of nitrogens with one attached hydrogen (secondary N) is 1. The fraction of sp³-hybridized carbons (Fsp3) is 0.286. The summed E-state index contributed by atoms with van der Waals surface area (Å²) in [6, 6.07) is 12.9. The average Bonchev–Trinajstić information content (AvgIpc) is 2.72. The summed E-state index contributed by atoms with van der Waals surface area (Å²) in [6.45, 7) is 2.92. The fourth-order valence-electron chi connectivity index (χ4n) is 2.82. The van der Waals surface area contributed by atoms with Crippen LogP contribution in [-0.2, 0) is 11.3 Å². The lowest BCUT2D eigenvalue weighted by molar-refractivity contribution is -0.0288. The molecule has 0 aromatic heterocycles. The molecular formula is C21H20Cl2N2O2S. The number of thiocarbonyl (C=S) groups is 1. The Hall–Kier alpha value is -1.97. The Bertz CT molecular complexity index is 885. The van der Waals surface area contributed by atoms with Crippen LogP contribution < -0.4 is 10.1 Å². The summed E-state index contributed by atoms with van der Waals surface area (Å²) in [5, 5.41) is 5.14. The summed E-state index contributed by atoms with van der Waals surface area (Å²) in [5.74, 6) is 3.33. The van der Waals surface area contributed by atoms with Gasteiger partial charge in [-0.05, 0) is 48.1 Å². The summed E-state index contributed by atoms with van der Waals surface area (Å²) in [7, 11) is 0. The molecule has 1 N–H and O–H groups in total. The number of rotatable bonds is 5. The molecule has 1 heterocycles. The van der Waals surface area contributed by atoms with Crippen molar-refractivity contribution in [2.24, 2.45) is 0 Å². The van der Waals surface area contributed by atoms with Crippen LogP contribution in [0.25, 0.3) is 0 Å². The summed E-state index contributed by atoms with van der Waals surface area (Å²) < 4.78 is 11.6. The van der Waals surface area contributed by atoms with Crippen molar-refractivity contribution in [2.75, 3.05) is 26.3 Å². The van der Waals surface area contributed by atoms with Crippen LogP contribution in [-0.4, -0.2) is 42.4 Å². The number of benzene rings is 2. The van der Waals surface area contributed by atoms with Crippen LogP contribution in [0.4, 0.5) is 0 Å². The first kappa shape index (κ1) is 20.8. The lowest BCUT2D eigenvalue weighted by atomic mass is 10.2. The minimum Gasteiger partial charge on any atom is -0.491 e. The maximum atomic E-state index is 6.21. The normalized spacial score (nSPS) is 16.3. The second-order valence-electron chi connectivity index (χ2n) is 6.32. The van der Waals surface area contributed by atoms with Crippen LogP contribution in [0.15, 0.2) is 42.5 Å². The Morgan fingerprint density at radius 3 is 2.96 bits per heavy atom. The van der Waals surface area contributed by atoms with Crippen LogP contribution in [0, 0.1) is 12.3 Å². The van der Waals surface area contributed by atoms with Gasteiger partial charge >= 0.3 is 0 Å².